The van der Waals surface area contributed by atoms with Crippen molar-refractivity contribution in [3.05, 3.63) is 53.1 Å². The Bertz CT molecular complexity index is 589. The predicted octanol–water partition coefficient (Wildman–Crippen LogP) is 3.27. The first-order valence-electron chi connectivity index (χ1n) is 6.62. The van der Waals surface area contributed by atoms with Crippen LogP contribution < -0.4 is 19.9 Å². The Balaban J connectivity index is 1.91. The van der Waals surface area contributed by atoms with Gasteiger partial charge in [-0.1, -0.05) is 35.9 Å². The molecule has 5 heteroatoms. The van der Waals surface area contributed by atoms with Crippen LogP contribution >= 0.6 is 11.6 Å². The van der Waals surface area contributed by atoms with E-state index in [1.54, 1.807) is 13.2 Å². The molecule has 0 atom stereocenters. The number of benzene rings is 2. The van der Waals surface area contributed by atoms with E-state index >= 15 is 0 Å². The molecule has 2 aromatic carbocycles. The zero-order valence-corrected chi connectivity index (χ0v) is 12.6. The zero-order chi connectivity index (χ0) is 15.1. The topological polar surface area (TPSA) is 53.7 Å². The Labute approximate surface area is 129 Å². The number of para-hydroxylation sites is 3. The second-order valence-corrected chi connectivity index (χ2v) is 4.69. The van der Waals surface area contributed by atoms with Crippen molar-refractivity contribution >= 4 is 11.6 Å². The summed E-state index contributed by atoms with van der Waals surface area (Å²) in [5.74, 6) is 1.99. The summed E-state index contributed by atoms with van der Waals surface area (Å²) in [5.41, 5.74) is 6.54. The summed E-state index contributed by atoms with van der Waals surface area (Å²) in [6.07, 6.45) is 0. The van der Waals surface area contributed by atoms with Crippen molar-refractivity contribution in [2.75, 3.05) is 20.3 Å². The van der Waals surface area contributed by atoms with Gasteiger partial charge in [0.2, 0.25) is 0 Å². The van der Waals surface area contributed by atoms with Crippen molar-refractivity contribution in [2.45, 2.75) is 6.54 Å². The lowest BCUT2D eigenvalue weighted by atomic mass is 10.2. The van der Waals surface area contributed by atoms with E-state index in [9.17, 15) is 0 Å². The fourth-order valence-corrected chi connectivity index (χ4v) is 2.16. The first-order valence-corrected chi connectivity index (χ1v) is 7.00. The molecule has 0 aliphatic carbocycles. The molecular weight excluding hydrogens is 290 g/mol. The third kappa shape index (κ3) is 4.03. The number of ether oxygens (including phenoxy) is 3. The summed E-state index contributed by atoms with van der Waals surface area (Å²) >= 11 is 6.11. The number of methoxy groups -OCH3 is 1. The fourth-order valence-electron chi connectivity index (χ4n) is 1.91. The Morgan fingerprint density at radius 1 is 0.952 bits per heavy atom. The van der Waals surface area contributed by atoms with Gasteiger partial charge < -0.3 is 19.9 Å². The van der Waals surface area contributed by atoms with Crippen molar-refractivity contribution in [2.24, 2.45) is 5.73 Å². The normalized spacial score (nSPS) is 10.2. The standard InChI is InChI=1S/C16H18ClNO3/c1-19-14-7-2-3-8-15(14)20-9-10-21-16-12(11-18)5-4-6-13(16)17/h2-8H,9-11,18H2,1H3. The number of halogens is 1. The summed E-state index contributed by atoms with van der Waals surface area (Å²) in [5, 5.41) is 0.551. The van der Waals surface area contributed by atoms with Crippen LogP contribution in [0.15, 0.2) is 42.5 Å². The van der Waals surface area contributed by atoms with Crippen LogP contribution in [0.2, 0.25) is 5.02 Å². The third-order valence-corrected chi connectivity index (χ3v) is 3.22. The lowest BCUT2D eigenvalue weighted by molar-refractivity contribution is 0.210. The fraction of sp³-hybridized carbons (Fsp3) is 0.250. The minimum absolute atomic E-state index is 0.370. The second kappa shape index (κ2) is 7.76. The molecule has 2 N–H and O–H groups in total. The van der Waals surface area contributed by atoms with Crippen LogP contribution in [-0.4, -0.2) is 20.3 Å². The molecule has 0 saturated carbocycles. The quantitative estimate of drug-likeness (QED) is 0.798. The highest BCUT2D eigenvalue weighted by Gasteiger charge is 2.07. The van der Waals surface area contributed by atoms with Crippen molar-refractivity contribution in [3.8, 4) is 17.2 Å². The van der Waals surface area contributed by atoms with Crippen LogP contribution in [0.1, 0.15) is 5.56 Å². The number of hydrogen-bond donors (Lipinski definition) is 1. The molecule has 0 aliphatic rings. The highest BCUT2D eigenvalue weighted by Crippen LogP contribution is 2.29. The van der Waals surface area contributed by atoms with Crippen LogP contribution in [0.5, 0.6) is 17.2 Å². The molecule has 0 spiro atoms. The van der Waals surface area contributed by atoms with E-state index in [2.05, 4.69) is 0 Å². The minimum Gasteiger partial charge on any atom is -0.493 e. The van der Waals surface area contributed by atoms with Gasteiger partial charge in [0, 0.05) is 12.1 Å². The van der Waals surface area contributed by atoms with Gasteiger partial charge in [-0.15, -0.1) is 0 Å². The maximum Gasteiger partial charge on any atom is 0.161 e. The molecular formula is C16H18ClNO3. The van der Waals surface area contributed by atoms with Gasteiger partial charge in [-0.2, -0.15) is 0 Å². The first-order chi connectivity index (χ1) is 10.3. The Morgan fingerprint density at radius 3 is 2.38 bits per heavy atom. The van der Waals surface area contributed by atoms with Crippen molar-refractivity contribution in [1.82, 2.24) is 0 Å². The van der Waals surface area contributed by atoms with Crippen LogP contribution in [0.3, 0.4) is 0 Å². The predicted molar refractivity (Wildman–Crippen MR) is 83.3 cm³/mol. The monoisotopic (exact) mass is 307 g/mol. The van der Waals surface area contributed by atoms with Crippen LogP contribution in [0, 0.1) is 0 Å². The summed E-state index contributed by atoms with van der Waals surface area (Å²) < 4.78 is 16.5. The smallest absolute Gasteiger partial charge is 0.161 e. The lowest BCUT2D eigenvalue weighted by Gasteiger charge is -2.13. The number of hydrogen-bond acceptors (Lipinski definition) is 4. The van der Waals surface area contributed by atoms with E-state index < -0.39 is 0 Å². The zero-order valence-electron chi connectivity index (χ0n) is 11.8. The molecule has 0 aliphatic heterocycles. The highest BCUT2D eigenvalue weighted by molar-refractivity contribution is 6.32. The van der Waals surface area contributed by atoms with Gasteiger partial charge in [-0.3, -0.25) is 0 Å². The Hall–Kier alpha value is -1.91. The van der Waals surface area contributed by atoms with Crippen molar-refractivity contribution in [3.63, 3.8) is 0 Å². The molecule has 0 heterocycles. The van der Waals surface area contributed by atoms with Gasteiger partial charge in [0.25, 0.3) is 0 Å². The molecule has 0 aromatic heterocycles. The number of nitrogens with two attached hydrogens (primary N) is 1. The van der Waals surface area contributed by atoms with Crippen molar-refractivity contribution < 1.29 is 14.2 Å². The number of rotatable bonds is 7. The maximum absolute atomic E-state index is 6.11. The molecule has 4 nitrogen and oxygen atoms in total. The summed E-state index contributed by atoms with van der Waals surface area (Å²) in [6.45, 7) is 1.13. The molecule has 21 heavy (non-hydrogen) atoms. The van der Waals surface area contributed by atoms with Gasteiger partial charge in [-0.05, 0) is 18.2 Å². The van der Waals surface area contributed by atoms with Crippen molar-refractivity contribution in [1.29, 1.82) is 0 Å². The van der Waals surface area contributed by atoms with Gasteiger partial charge in [0.1, 0.15) is 19.0 Å². The van der Waals surface area contributed by atoms with Gasteiger partial charge in [0.05, 0.1) is 12.1 Å². The van der Waals surface area contributed by atoms with E-state index in [-0.39, 0.29) is 0 Å². The van der Waals surface area contributed by atoms with E-state index in [4.69, 9.17) is 31.5 Å². The molecule has 112 valence electrons. The molecule has 2 aromatic rings. The van der Waals surface area contributed by atoms with E-state index in [1.165, 1.54) is 0 Å². The summed E-state index contributed by atoms with van der Waals surface area (Å²) in [4.78, 5) is 0. The van der Waals surface area contributed by atoms with Crippen LogP contribution in [0.4, 0.5) is 0 Å². The molecule has 0 bridgehead atoms. The maximum atomic E-state index is 6.11. The van der Waals surface area contributed by atoms with E-state index in [0.717, 1.165) is 5.56 Å². The highest BCUT2D eigenvalue weighted by atomic mass is 35.5. The van der Waals surface area contributed by atoms with E-state index in [0.29, 0.717) is 42.0 Å². The molecule has 0 unspecified atom stereocenters. The average molecular weight is 308 g/mol. The molecule has 0 amide bonds. The summed E-state index contributed by atoms with van der Waals surface area (Å²) in [7, 11) is 1.61. The van der Waals surface area contributed by atoms with Crippen LogP contribution in [0.25, 0.3) is 0 Å². The van der Waals surface area contributed by atoms with Gasteiger partial charge in [0.15, 0.2) is 11.5 Å². The molecule has 0 saturated heterocycles. The SMILES string of the molecule is COc1ccccc1OCCOc1c(Cl)cccc1CN. The summed E-state index contributed by atoms with van der Waals surface area (Å²) in [6, 6.07) is 13.0. The third-order valence-electron chi connectivity index (χ3n) is 2.92. The molecule has 0 radical (unpaired) electrons. The average Bonchev–Trinajstić information content (AvgIpc) is 2.52. The molecule has 2 rings (SSSR count). The minimum atomic E-state index is 0.370. The van der Waals surface area contributed by atoms with E-state index in [1.807, 2.05) is 36.4 Å². The largest absolute Gasteiger partial charge is 0.493 e. The Kier molecular flexibility index (Phi) is 5.72. The van der Waals surface area contributed by atoms with Gasteiger partial charge >= 0.3 is 0 Å². The van der Waals surface area contributed by atoms with Gasteiger partial charge in [-0.25, -0.2) is 0 Å². The first kappa shape index (κ1) is 15.5. The van der Waals surface area contributed by atoms with Crippen LogP contribution in [-0.2, 0) is 6.54 Å². The lowest BCUT2D eigenvalue weighted by Crippen LogP contribution is -2.11. The Morgan fingerprint density at radius 2 is 1.67 bits per heavy atom. The molecule has 0 fully saturated rings. The second-order valence-electron chi connectivity index (χ2n) is 4.28.